The predicted octanol–water partition coefficient (Wildman–Crippen LogP) is 5.19. The molecular formula is C23H31F3N2O2. The molecule has 30 heavy (non-hydrogen) atoms. The summed E-state index contributed by atoms with van der Waals surface area (Å²) in [4.78, 5) is 24.8. The van der Waals surface area contributed by atoms with E-state index in [1.807, 2.05) is 5.32 Å². The van der Waals surface area contributed by atoms with Gasteiger partial charge in [-0.25, -0.2) is 0 Å². The molecule has 2 saturated carbocycles. The monoisotopic (exact) mass is 424 g/mol. The summed E-state index contributed by atoms with van der Waals surface area (Å²) in [6.45, 7) is 4.08. The SMILES string of the molecule is CC(C)(C(=O)NCC(F)(F)F)c1ccc(NC(=O)CC(C2CCC2)C2(C)CC2)cc1. The summed E-state index contributed by atoms with van der Waals surface area (Å²) in [6, 6.07) is 6.75. The first-order valence-corrected chi connectivity index (χ1v) is 10.7. The Morgan fingerprint density at radius 2 is 1.73 bits per heavy atom. The van der Waals surface area contributed by atoms with Crippen LogP contribution in [0.5, 0.6) is 0 Å². The second-order valence-corrected chi connectivity index (χ2v) is 9.70. The first-order chi connectivity index (χ1) is 13.9. The first-order valence-electron chi connectivity index (χ1n) is 10.7. The summed E-state index contributed by atoms with van der Waals surface area (Å²) < 4.78 is 37.1. The quantitative estimate of drug-likeness (QED) is 0.604. The second kappa shape index (κ2) is 8.23. The lowest BCUT2D eigenvalue weighted by molar-refractivity contribution is -0.141. The number of hydrogen-bond donors (Lipinski definition) is 2. The van der Waals surface area contributed by atoms with Gasteiger partial charge in [0.05, 0.1) is 5.41 Å². The maximum absolute atomic E-state index is 12.6. The van der Waals surface area contributed by atoms with E-state index in [9.17, 15) is 22.8 Å². The minimum Gasteiger partial charge on any atom is -0.346 e. The van der Waals surface area contributed by atoms with Crippen LogP contribution in [-0.4, -0.2) is 24.5 Å². The van der Waals surface area contributed by atoms with Gasteiger partial charge in [0.25, 0.3) is 0 Å². The van der Waals surface area contributed by atoms with Gasteiger partial charge in [-0.2, -0.15) is 13.2 Å². The van der Waals surface area contributed by atoms with Gasteiger partial charge in [-0.3, -0.25) is 9.59 Å². The Hall–Kier alpha value is -2.05. The number of carbonyl (C=O) groups excluding carboxylic acids is 2. The van der Waals surface area contributed by atoms with Crippen LogP contribution in [-0.2, 0) is 15.0 Å². The van der Waals surface area contributed by atoms with E-state index < -0.39 is 24.0 Å². The minimum absolute atomic E-state index is 0.00467. The number of carbonyl (C=O) groups is 2. The molecule has 1 aromatic rings. The normalized spacial score (nSPS) is 19.5. The van der Waals surface area contributed by atoms with Crippen LogP contribution in [0.2, 0.25) is 0 Å². The van der Waals surface area contributed by atoms with Crippen LogP contribution in [0.1, 0.15) is 64.9 Å². The molecule has 0 saturated heterocycles. The van der Waals surface area contributed by atoms with Crippen LogP contribution in [0.4, 0.5) is 18.9 Å². The van der Waals surface area contributed by atoms with Gasteiger partial charge in [-0.1, -0.05) is 38.3 Å². The van der Waals surface area contributed by atoms with Gasteiger partial charge < -0.3 is 10.6 Å². The molecule has 2 aliphatic carbocycles. The van der Waals surface area contributed by atoms with Gasteiger partial charge in [-0.05, 0) is 61.6 Å². The smallest absolute Gasteiger partial charge is 0.346 e. The lowest BCUT2D eigenvalue weighted by atomic mass is 9.68. The van der Waals surface area contributed by atoms with E-state index in [1.165, 1.54) is 32.1 Å². The third kappa shape index (κ3) is 5.35. The lowest BCUT2D eigenvalue weighted by Gasteiger charge is -2.37. The predicted molar refractivity (Wildman–Crippen MR) is 110 cm³/mol. The van der Waals surface area contributed by atoms with Crippen molar-refractivity contribution in [2.24, 2.45) is 17.3 Å². The summed E-state index contributed by atoms with van der Waals surface area (Å²) >= 11 is 0. The van der Waals surface area contributed by atoms with E-state index >= 15 is 0 Å². The van der Waals surface area contributed by atoms with E-state index in [1.54, 1.807) is 38.1 Å². The molecule has 4 nitrogen and oxygen atoms in total. The third-order valence-corrected chi connectivity index (χ3v) is 6.97. The van der Waals surface area contributed by atoms with Gasteiger partial charge in [0.15, 0.2) is 0 Å². The molecule has 166 valence electrons. The van der Waals surface area contributed by atoms with E-state index in [2.05, 4.69) is 12.2 Å². The molecule has 7 heteroatoms. The van der Waals surface area contributed by atoms with Crippen molar-refractivity contribution >= 4 is 17.5 Å². The third-order valence-electron chi connectivity index (χ3n) is 6.97. The van der Waals surface area contributed by atoms with Gasteiger partial charge in [-0.15, -0.1) is 0 Å². The molecule has 1 unspecified atom stereocenters. The summed E-state index contributed by atoms with van der Waals surface area (Å²) in [5.74, 6) is 0.385. The highest BCUT2D eigenvalue weighted by Gasteiger charge is 2.49. The first kappa shape index (κ1) is 22.6. The molecule has 2 amide bonds. The molecule has 0 aromatic heterocycles. The fourth-order valence-corrected chi connectivity index (χ4v) is 4.31. The zero-order valence-electron chi connectivity index (χ0n) is 17.9. The zero-order valence-corrected chi connectivity index (χ0v) is 17.9. The maximum Gasteiger partial charge on any atom is 0.405 e. The van der Waals surface area contributed by atoms with Crippen molar-refractivity contribution in [3.05, 3.63) is 29.8 Å². The number of amides is 2. The minimum atomic E-state index is -4.45. The van der Waals surface area contributed by atoms with E-state index in [4.69, 9.17) is 0 Å². The van der Waals surface area contributed by atoms with Crippen LogP contribution in [0, 0.1) is 17.3 Å². The standard InChI is InChI=1S/C23H31F3N2O2/c1-21(2,20(30)27-14-23(24,25)26)16-7-9-17(10-8-16)28-19(29)13-18(15-5-4-6-15)22(3)11-12-22/h7-10,15,18H,4-6,11-14H2,1-3H3,(H,27,30)(H,28,29). The van der Waals surface area contributed by atoms with Crippen LogP contribution < -0.4 is 10.6 Å². The van der Waals surface area contributed by atoms with Gasteiger partial charge in [0.2, 0.25) is 11.8 Å². The number of halogens is 3. The summed E-state index contributed by atoms with van der Waals surface area (Å²) in [5.41, 5.74) is 0.394. The Morgan fingerprint density at radius 3 is 2.20 bits per heavy atom. The molecule has 0 spiro atoms. The molecule has 2 N–H and O–H groups in total. The Labute approximate surface area is 176 Å². The van der Waals surface area contributed by atoms with Crippen LogP contribution in [0.15, 0.2) is 24.3 Å². The van der Waals surface area contributed by atoms with Crippen molar-refractivity contribution < 1.29 is 22.8 Å². The molecule has 0 aliphatic heterocycles. The average molecular weight is 425 g/mol. The molecule has 2 aliphatic rings. The molecule has 2 fully saturated rings. The van der Waals surface area contributed by atoms with Crippen molar-refractivity contribution in [2.75, 3.05) is 11.9 Å². The van der Waals surface area contributed by atoms with Crippen molar-refractivity contribution in [1.29, 1.82) is 0 Å². The van der Waals surface area contributed by atoms with Crippen LogP contribution >= 0.6 is 0 Å². The summed E-state index contributed by atoms with van der Waals surface area (Å²) in [6.07, 6.45) is 2.15. The van der Waals surface area contributed by atoms with Gasteiger partial charge >= 0.3 is 6.18 Å². The maximum atomic E-state index is 12.6. The Kier molecular flexibility index (Phi) is 6.21. The lowest BCUT2D eigenvalue weighted by Crippen LogP contribution is -2.43. The number of rotatable bonds is 8. The van der Waals surface area contributed by atoms with Crippen molar-refractivity contribution in [1.82, 2.24) is 5.32 Å². The van der Waals surface area contributed by atoms with Gasteiger partial charge in [0, 0.05) is 12.1 Å². The Bertz CT molecular complexity index is 779. The number of nitrogens with one attached hydrogen (secondary N) is 2. The highest BCUT2D eigenvalue weighted by Crippen LogP contribution is 2.58. The van der Waals surface area contributed by atoms with Crippen molar-refractivity contribution in [3.8, 4) is 0 Å². The van der Waals surface area contributed by atoms with Gasteiger partial charge in [0.1, 0.15) is 6.54 Å². The van der Waals surface area contributed by atoms with Crippen molar-refractivity contribution in [3.63, 3.8) is 0 Å². The zero-order chi connectivity index (χ0) is 22.2. The van der Waals surface area contributed by atoms with E-state index in [0.29, 0.717) is 34.9 Å². The molecule has 0 heterocycles. The molecular weight excluding hydrogens is 393 g/mol. The summed E-state index contributed by atoms with van der Waals surface area (Å²) in [7, 11) is 0. The molecule has 0 radical (unpaired) electrons. The Morgan fingerprint density at radius 1 is 1.13 bits per heavy atom. The number of alkyl halides is 3. The molecule has 1 atom stereocenters. The highest BCUT2D eigenvalue weighted by molar-refractivity contribution is 5.91. The van der Waals surface area contributed by atoms with Crippen LogP contribution in [0.25, 0.3) is 0 Å². The van der Waals surface area contributed by atoms with Crippen LogP contribution in [0.3, 0.4) is 0 Å². The fraction of sp³-hybridized carbons (Fsp3) is 0.652. The summed E-state index contributed by atoms with van der Waals surface area (Å²) in [5, 5.41) is 4.88. The molecule has 1 aromatic carbocycles. The molecule has 3 rings (SSSR count). The Balaban J connectivity index is 1.58. The number of benzene rings is 1. The number of hydrogen-bond acceptors (Lipinski definition) is 2. The molecule has 0 bridgehead atoms. The largest absolute Gasteiger partial charge is 0.405 e. The fourth-order valence-electron chi connectivity index (χ4n) is 4.31. The van der Waals surface area contributed by atoms with E-state index in [0.717, 1.165) is 0 Å². The van der Waals surface area contributed by atoms with Crippen molar-refractivity contribution in [2.45, 2.75) is 70.9 Å². The number of anilines is 1. The topological polar surface area (TPSA) is 58.2 Å². The highest BCUT2D eigenvalue weighted by atomic mass is 19.4. The average Bonchev–Trinajstić information content (AvgIpc) is 3.36. The second-order valence-electron chi connectivity index (χ2n) is 9.70. The van der Waals surface area contributed by atoms with E-state index in [-0.39, 0.29) is 5.91 Å².